The fraction of sp³-hybridized carbons (Fsp3) is 0.417. The molecular weight excluding hydrogens is 202 g/mol. The standard InChI is InChI=1S/C12H17N3O/c1-3-13-7-11-6-12(16-9-11)8-15-10(2)4-5-14-15/h4-6,9,13H,3,7-8H2,1-2H3. The van der Waals surface area contributed by atoms with Crippen LogP contribution in [0.4, 0.5) is 0 Å². The molecule has 2 aromatic rings. The van der Waals surface area contributed by atoms with Gasteiger partial charge in [0.05, 0.1) is 12.8 Å². The summed E-state index contributed by atoms with van der Waals surface area (Å²) in [7, 11) is 0. The van der Waals surface area contributed by atoms with Crippen LogP contribution >= 0.6 is 0 Å². The molecule has 0 unspecified atom stereocenters. The van der Waals surface area contributed by atoms with Crippen LogP contribution in [0.2, 0.25) is 0 Å². The molecule has 2 aromatic heterocycles. The molecule has 0 spiro atoms. The van der Waals surface area contributed by atoms with Crippen molar-refractivity contribution in [2.24, 2.45) is 0 Å². The van der Waals surface area contributed by atoms with E-state index in [-0.39, 0.29) is 0 Å². The highest BCUT2D eigenvalue weighted by molar-refractivity contribution is 5.13. The van der Waals surface area contributed by atoms with E-state index in [2.05, 4.69) is 23.4 Å². The Hall–Kier alpha value is -1.55. The normalized spacial score (nSPS) is 10.9. The van der Waals surface area contributed by atoms with E-state index in [1.807, 2.05) is 17.7 Å². The van der Waals surface area contributed by atoms with E-state index in [1.54, 1.807) is 12.5 Å². The van der Waals surface area contributed by atoms with Gasteiger partial charge in [-0.25, -0.2) is 0 Å². The molecule has 0 aromatic carbocycles. The van der Waals surface area contributed by atoms with Crippen molar-refractivity contribution in [1.29, 1.82) is 0 Å². The van der Waals surface area contributed by atoms with Gasteiger partial charge in [-0.1, -0.05) is 6.92 Å². The van der Waals surface area contributed by atoms with E-state index >= 15 is 0 Å². The first-order valence-corrected chi connectivity index (χ1v) is 5.55. The second-order valence-electron chi connectivity index (χ2n) is 3.83. The van der Waals surface area contributed by atoms with E-state index in [0.29, 0.717) is 6.54 Å². The van der Waals surface area contributed by atoms with E-state index in [4.69, 9.17) is 4.42 Å². The second kappa shape index (κ2) is 4.99. The molecule has 4 heteroatoms. The van der Waals surface area contributed by atoms with Crippen molar-refractivity contribution in [2.45, 2.75) is 26.9 Å². The van der Waals surface area contributed by atoms with Crippen LogP contribution in [0.15, 0.2) is 29.0 Å². The van der Waals surface area contributed by atoms with Gasteiger partial charge in [0, 0.05) is 24.0 Å². The van der Waals surface area contributed by atoms with Crippen LogP contribution in [0.5, 0.6) is 0 Å². The predicted molar refractivity (Wildman–Crippen MR) is 62.2 cm³/mol. The van der Waals surface area contributed by atoms with Gasteiger partial charge in [0.2, 0.25) is 0 Å². The van der Waals surface area contributed by atoms with Crippen molar-refractivity contribution in [3.63, 3.8) is 0 Å². The topological polar surface area (TPSA) is 43.0 Å². The summed E-state index contributed by atoms with van der Waals surface area (Å²) in [5, 5.41) is 7.49. The van der Waals surface area contributed by atoms with Crippen molar-refractivity contribution in [3.05, 3.63) is 41.6 Å². The lowest BCUT2D eigenvalue weighted by atomic mass is 10.3. The number of nitrogens with zero attached hydrogens (tertiary/aromatic N) is 2. The Bertz CT molecular complexity index is 445. The third kappa shape index (κ3) is 2.52. The van der Waals surface area contributed by atoms with Gasteiger partial charge in [-0.15, -0.1) is 0 Å². The molecule has 0 aliphatic heterocycles. The molecule has 4 nitrogen and oxygen atoms in total. The number of aromatic nitrogens is 2. The molecule has 0 saturated heterocycles. The summed E-state index contributed by atoms with van der Waals surface area (Å²) in [6.07, 6.45) is 3.61. The molecule has 0 fully saturated rings. The van der Waals surface area contributed by atoms with Crippen LogP contribution in [-0.2, 0) is 13.1 Å². The van der Waals surface area contributed by atoms with Crippen molar-refractivity contribution < 1.29 is 4.42 Å². The maximum absolute atomic E-state index is 5.49. The third-order valence-corrected chi connectivity index (χ3v) is 2.52. The predicted octanol–water partition coefficient (Wildman–Crippen LogP) is 1.94. The number of hydrogen-bond acceptors (Lipinski definition) is 3. The molecule has 0 radical (unpaired) electrons. The molecule has 16 heavy (non-hydrogen) atoms. The van der Waals surface area contributed by atoms with Crippen LogP contribution in [0.1, 0.15) is 23.9 Å². The van der Waals surface area contributed by atoms with Crippen LogP contribution in [0, 0.1) is 6.92 Å². The lowest BCUT2D eigenvalue weighted by Crippen LogP contribution is -2.10. The van der Waals surface area contributed by atoms with Crippen LogP contribution < -0.4 is 5.32 Å². The van der Waals surface area contributed by atoms with Gasteiger partial charge in [0.25, 0.3) is 0 Å². The minimum absolute atomic E-state index is 0.699. The zero-order valence-corrected chi connectivity index (χ0v) is 9.73. The Morgan fingerprint density at radius 2 is 2.38 bits per heavy atom. The molecule has 2 heterocycles. The number of nitrogens with one attached hydrogen (secondary N) is 1. The summed E-state index contributed by atoms with van der Waals surface area (Å²) >= 11 is 0. The van der Waals surface area contributed by atoms with E-state index in [0.717, 1.165) is 24.5 Å². The van der Waals surface area contributed by atoms with Crippen molar-refractivity contribution >= 4 is 0 Å². The largest absolute Gasteiger partial charge is 0.467 e. The highest BCUT2D eigenvalue weighted by Crippen LogP contribution is 2.10. The number of rotatable bonds is 5. The highest BCUT2D eigenvalue weighted by atomic mass is 16.3. The summed E-state index contributed by atoms with van der Waals surface area (Å²) in [5.41, 5.74) is 2.33. The summed E-state index contributed by atoms with van der Waals surface area (Å²) in [6, 6.07) is 4.06. The number of hydrogen-bond donors (Lipinski definition) is 1. The molecule has 1 N–H and O–H groups in total. The molecule has 0 saturated carbocycles. The molecule has 86 valence electrons. The third-order valence-electron chi connectivity index (χ3n) is 2.52. The average molecular weight is 219 g/mol. The summed E-state index contributed by atoms with van der Waals surface area (Å²) in [4.78, 5) is 0. The molecule has 0 atom stereocenters. The van der Waals surface area contributed by atoms with Gasteiger partial charge < -0.3 is 9.73 Å². The van der Waals surface area contributed by atoms with Crippen LogP contribution in [0.25, 0.3) is 0 Å². The molecular formula is C12H17N3O. The van der Waals surface area contributed by atoms with Gasteiger partial charge in [-0.05, 0) is 25.6 Å². The average Bonchev–Trinajstić information content (AvgIpc) is 2.87. The maximum atomic E-state index is 5.49. The Morgan fingerprint density at radius 1 is 1.50 bits per heavy atom. The number of furan rings is 1. The van der Waals surface area contributed by atoms with Crippen molar-refractivity contribution in [3.8, 4) is 0 Å². The van der Waals surface area contributed by atoms with Crippen LogP contribution in [-0.4, -0.2) is 16.3 Å². The zero-order valence-electron chi connectivity index (χ0n) is 9.73. The van der Waals surface area contributed by atoms with E-state index in [9.17, 15) is 0 Å². The van der Waals surface area contributed by atoms with Gasteiger partial charge in [-0.2, -0.15) is 5.10 Å². The smallest absolute Gasteiger partial charge is 0.125 e. The van der Waals surface area contributed by atoms with Gasteiger partial charge in [0.15, 0.2) is 0 Å². The Kier molecular flexibility index (Phi) is 3.41. The monoisotopic (exact) mass is 219 g/mol. The fourth-order valence-electron chi connectivity index (χ4n) is 1.58. The first-order valence-electron chi connectivity index (χ1n) is 5.55. The van der Waals surface area contributed by atoms with Gasteiger partial charge >= 0.3 is 0 Å². The molecule has 0 bridgehead atoms. The minimum Gasteiger partial charge on any atom is -0.467 e. The van der Waals surface area contributed by atoms with E-state index in [1.165, 1.54) is 5.56 Å². The lowest BCUT2D eigenvalue weighted by Gasteiger charge is -2.00. The quantitative estimate of drug-likeness (QED) is 0.835. The molecule has 0 aliphatic rings. The minimum atomic E-state index is 0.699. The lowest BCUT2D eigenvalue weighted by molar-refractivity contribution is 0.475. The van der Waals surface area contributed by atoms with Crippen molar-refractivity contribution in [2.75, 3.05) is 6.54 Å². The summed E-state index contributed by atoms with van der Waals surface area (Å²) < 4.78 is 7.42. The second-order valence-corrected chi connectivity index (χ2v) is 3.83. The highest BCUT2D eigenvalue weighted by Gasteiger charge is 2.04. The Labute approximate surface area is 95.3 Å². The summed E-state index contributed by atoms with van der Waals surface area (Å²) in [5.74, 6) is 0.944. The first kappa shape index (κ1) is 11.0. The molecule has 2 rings (SSSR count). The Balaban J connectivity index is 2.00. The Morgan fingerprint density at radius 3 is 3.06 bits per heavy atom. The van der Waals surface area contributed by atoms with Gasteiger partial charge in [0.1, 0.15) is 5.76 Å². The number of aryl methyl sites for hydroxylation is 1. The zero-order chi connectivity index (χ0) is 11.4. The van der Waals surface area contributed by atoms with E-state index < -0.39 is 0 Å². The molecule has 0 aliphatic carbocycles. The fourth-order valence-corrected chi connectivity index (χ4v) is 1.58. The SMILES string of the molecule is CCNCc1coc(Cn2nccc2C)c1. The first-order chi connectivity index (χ1) is 7.79. The van der Waals surface area contributed by atoms with Gasteiger partial charge in [-0.3, -0.25) is 4.68 Å². The maximum Gasteiger partial charge on any atom is 0.125 e. The molecule has 0 amide bonds. The van der Waals surface area contributed by atoms with Crippen LogP contribution in [0.3, 0.4) is 0 Å². The van der Waals surface area contributed by atoms with Crippen molar-refractivity contribution in [1.82, 2.24) is 15.1 Å². The summed E-state index contributed by atoms with van der Waals surface area (Å²) in [6.45, 7) is 6.66.